The van der Waals surface area contributed by atoms with E-state index in [1.165, 1.54) is 12.1 Å². The fraction of sp³-hybridized carbons (Fsp3) is 0.381. The third-order valence-electron chi connectivity index (χ3n) is 4.98. The van der Waals surface area contributed by atoms with E-state index in [1.807, 2.05) is 11.8 Å². The van der Waals surface area contributed by atoms with E-state index in [-0.39, 0.29) is 30.4 Å². The minimum Gasteiger partial charge on any atom is -0.482 e. The molecule has 0 spiro atoms. The van der Waals surface area contributed by atoms with E-state index in [1.54, 1.807) is 30.3 Å². The monoisotopic (exact) mass is 424 g/mol. The maximum absolute atomic E-state index is 13.1. The number of ether oxygens (including phenoxy) is 1. The Balaban J connectivity index is 1.57. The fourth-order valence-corrected chi connectivity index (χ4v) is 3.73. The molecule has 2 aromatic carbocycles. The van der Waals surface area contributed by atoms with Crippen molar-refractivity contribution in [3.63, 3.8) is 0 Å². The van der Waals surface area contributed by atoms with E-state index in [4.69, 9.17) is 27.9 Å². The first kappa shape index (κ1) is 20.9. The summed E-state index contributed by atoms with van der Waals surface area (Å²) in [5.41, 5.74) is 1.05. The SMILES string of the molecule is C[C@@H]1CN(Cc2ccc(F)cc2)[C@@H](C)CN1C(=O)COc1cc(Cl)ccc1Cl. The quantitative estimate of drug-likeness (QED) is 0.700. The van der Waals surface area contributed by atoms with Crippen molar-refractivity contribution >= 4 is 29.1 Å². The predicted octanol–water partition coefficient (Wildman–Crippen LogP) is 4.63. The van der Waals surface area contributed by atoms with Crippen LogP contribution in [0.5, 0.6) is 5.75 Å². The molecule has 0 aromatic heterocycles. The van der Waals surface area contributed by atoms with Gasteiger partial charge in [-0.05, 0) is 43.7 Å². The minimum atomic E-state index is -0.236. The van der Waals surface area contributed by atoms with Crippen LogP contribution in [0.2, 0.25) is 10.0 Å². The van der Waals surface area contributed by atoms with Crippen LogP contribution in [0.1, 0.15) is 19.4 Å². The molecular formula is C21H23Cl2FN2O2. The summed E-state index contributed by atoms with van der Waals surface area (Å²) >= 11 is 12.0. The summed E-state index contributed by atoms with van der Waals surface area (Å²) < 4.78 is 18.7. The number of rotatable bonds is 5. The largest absolute Gasteiger partial charge is 0.482 e. The molecule has 4 nitrogen and oxygen atoms in total. The Morgan fingerprint density at radius 1 is 1.11 bits per heavy atom. The Hall–Kier alpha value is -1.82. The normalized spacial score (nSPS) is 20.2. The summed E-state index contributed by atoms with van der Waals surface area (Å²) in [5.74, 6) is 0.0791. The first-order chi connectivity index (χ1) is 13.3. The minimum absolute atomic E-state index is 0.0441. The maximum atomic E-state index is 13.1. The van der Waals surface area contributed by atoms with Crippen LogP contribution in [0.3, 0.4) is 0 Å². The van der Waals surface area contributed by atoms with Crippen LogP contribution in [0, 0.1) is 5.82 Å². The second-order valence-corrected chi connectivity index (χ2v) is 8.01. The van der Waals surface area contributed by atoms with Gasteiger partial charge in [-0.15, -0.1) is 0 Å². The van der Waals surface area contributed by atoms with Gasteiger partial charge in [-0.2, -0.15) is 0 Å². The van der Waals surface area contributed by atoms with Crippen molar-refractivity contribution in [3.8, 4) is 5.75 Å². The van der Waals surface area contributed by atoms with Crippen molar-refractivity contribution in [2.45, 2.75) is 32.5 Å². The lowest BCUT2D eigenvalue weighted by molar-refractivity contribution is -0.139. The van der Waals surface area contributed by atoms with E-state index >= 15 is 0 Å². The number of nitrogens with zero attached hydrogens (tertiary/aromatic N) is 2. The van der Waals surface area contributed by atoms with E-state index < -0.39 is 0 Å². The molecule has 1 fully saturated rings. The summed E-state index contributed by atoms with van der Waals surface area (Å²) in [6, 6.07) is 11.7. The Labute approximate surface area is 174 Å². The van der Waals surface area contributed by atoms with Crippen LogP contribution in [-0.4, -0.2) is 47.5 Å². The van der Waals surface area contributed by atoms with E-state index in [9.17, 15) is 9.18 Å². The number of benzene rings is 2. The highest BCUT2D eigenvalue weighted by molar-refractivity contribution is 6.34. The van der Waals surface area contributed by atoms with Gasteiger partial charge in [0, 0.05) is 42.8 Å². The van der Waals surface area contributed by atoms with Gasteiger partial charge < -0.3 is 9.64 Å². The molecule has 2 aromatic rings. The third-order valence-corrected chi connectivity index (χ3v) is 5.53. The number of amides is 1. The standard InChI is InChI=1S/C21H23Cl2FN2O2/c1-14-11-26(21(27)13-28-20-9-17(22)5-8-19(20)23)15(2)10-25(14)12-16-3-6-18(24)7-4-16/h3-9,14-15H,10-13H2,1-2H3/t14-,15+/m0/s1. The summed E-state index contributed by atoms with van der Waals surface area (Å²) in [6.07, 6.45) is 0. The molecular weight excluding hydrogens is 402 g/mol. The lowest BCUT2D eigenvalue weighted by Crippen LogP contribution is -2.58. The zero-order valence-electron chi connectivity index (χ0n) is 15.9. The lowest BCUT2D eigenvalue weighted by Gasteiger charge is -2.44. The molecule has 1 aliphatic heterocycles. The molecule has 0 bridgehead atoms. The first-order valence-electron chi connectivity index (χ1n) is 9.19. The molecule has 2 atom stereocenters. The molecule has 1 heterocycles. The van der Waals surface area contributed by atoms with Crippen molar-refractivity contribution in [2.75, 3.05) is 19.7 Å². The maximum Gasteiger partial charge on any atom is 0.260 e. The van der Waals surface area contributed by atoms with Gasteiger partial charge in [-0.25, -0.2) is 4.39 Å². The summed E-state index contributed by atoms with van der Waals surface area (Å²) in [5, 5.41) is 0.922. The van der Waals surface area contributed by atoms with Gasteiger partial charge in [0.1, 0.15) is 11.6 Å². The molecule has 0 saturated carbocycles. The smallest absolute Gasteiger partial charge is 0.260 e. The van der Waals surface area contributed by atoms with Gasteiger partial charge in [0.25, 0.3) is 5.91 Å². The summed E-state index contributed by atoms with van der Waals surface area (Å²) in [7, 11) is 0. The second-order valence-electron chi connectivity index (χ2n) is 7.16. The molecule has 1 aliphatic rings. The van der Waals surface area contributed by atoms with Gasteiger partial charge in [0.2, 0.25) is 0 Å². The highest BCUT2D eigenvalue weighted by Crippen LogP contribution is 2.28. The van der Waals surface area contributed by atoms with Crippen LogP contribution in [0.15, 0.2) is 42.5 Å². The molecule has 1 saturated heterocycles. The topological polar surface area (TPSA) is 32.8 Å². The molecule has 0 N–H and O–H groups in total. The summed E-state index contributed by atoms with van der Waals surface area (Å²) in [6.45, 7) is 6.09. The van der Waals surface area contributed by atoms with Crippen LogP contribution < -0.4 is 4.74 Å². The fourth-order valence-electron chi connectivity index (χ4n) is 3.40. The molecule has 7 heteroatoms. The molecule has 0 unspecified atom stereocenters. The van der Waals surface area contributed by atoms with Crippen molar-refractivity contribution < 1.29 is 13.9 Å². The molecule has 28 heavy (non-hydrogen) atoms. The van der Waals surface area contributed by atoms with Crippen molar-refractivity contribution in [3.05, 3.63) is 63.9 Å². The Morgan fingerprint density at radius 2 is 1.82 bits per heavy atom. The number of carbonyl (C=O) groups excluding carboxylic acids is 1. The van der Waals surface area contributed by atoms with Gasteiger partial charge >= 0.3 is 0 Å². The molecule has 1 amide bonds. The molecule has 0 aliphatic carbocycles. The van der Waals surface area contributed by atoms with Crippen LogP contribution in [-0.2, 0) is 11.3 Å². The summed E-state index contributed by atoms with van der Waals surface area (Å²) in [4.78, 5) is 16.8. The average molecular weight is 425 g/mol. The average Bonchev–Trinajstić information content (AvgIpc) is 2.66. The van der Waals surface area contributed by atoms with E-state index in [2.05, 4.69) is 11.8 Å². The number of hydrogen-bond donors (Lipinski definition) is 0. The van der Waals surface area contributed by atoms with Crippen LogP contribution in [0.25, 0.3) is 0 Å². The molecule has 0 radical (unpaired) electrons. The number of carbonyl (C=O) groups is 1. The molecule has 150 valence electrons. The van der Waals surface area contributed by atoms with Gasteiger partial charge in [-0.3, -0.25) is 9.69 Å². The zero-order valence-corrected chi connectivity index (χ0v) is 17.4. The third kappa shape index (κ3) is 5.16. The number of hydrogen-bond acceptors (Lipinski definition) is 3. The first-order valence-corrected chi connectivity index (χ1v) is 9.95. The van der Waals surface area contributed by atoms with E-state index in [0.29, 0.717) is 22.3 Å². The zero-order chi connectivity index (χ0) is 20.3. The highest BCUT2D eigenvalue weighted by atomic mass is 35.5. The second kappa shape index (κ2) is 9.12. The number of halogens is 3. The van der Waals surface area contributed by atoms with Gasteiger partial charge in [0.15, 0.2) is 6.61 Å². The van der Waals surface area contributed by atoms with Gasteiger partial charge in [0.05, 0.1) is 5.02 Å². The lowest BCUT2D eigenvalue weighted by atomic mass is 10.1. The predicted molar refractivity (Wildman–Crippen MR) is 109 cm³/mol. The van der Waals surface area contributed by atoms with E-state index in [0.717, 1.165) is 18.7 Å². The van der Waals surface area contributed by atoms with Gasteiger partial charge in [-0.1, -0.05) is 35.3 Å². The Kier molecular flexibility index (Phi) is 6.81. The molecule has 3 rings (SSSR count). The highest BCUT2D eigenvalue weighted by Gasteiger charge is 2.32. The van der Waals surface area contributed by atoms with Crippen molar-refractivity contribution in [1.29, 1.82) is 0 Å². The Bertz CT molecular complexity index is 832. The van der Waals surface area contributed by atoms with Crippen molar-refractivity contribution in [2.24, 2.45) is 0 Å². The van der Waals surface area contributed by atoms with Crippen LogP contribution in [0.4, 0.5) is 4.39 Å². The van der Waals surface area contributed by atoms with Crippen LogP contribution >= 0.6 is 23.2 Å². The number of piperazine rings is 1. The Morgan fingerprint density at radius 3 is 2.54 bits per heavy atom. The van der Waals surface area contributed by atoms with Crippen molar-refractivity contribution in [1.82, 2.24) is 9.80 Å².